The maximum Gasteiger partial charge on any atom is 0.244 e. The zero-order valence-corrected chi connectivity index (χ0v) is 13.7. The van der Waals surface area contributed by atoms with E-state index in [2.05, 4.69) is 56.0 Å². The van der Waals surface area contributed by atoms with Crippen LogP contribution in [0.2, 0.25) is 0 Å². The van der Waals surface area contributed by atoms with Gasteiger partial charge in [-0.25, -0.2) is 0 Å². The maximum absolute atomic E-state index is 5.50. The highest BCUT2D eigenvalue weighted by Gasteiger charge is 2.27. The minimum absolute atomic E-state index is 0.133. The Morgan fingerprint density at radius 2 is 1.96 bits per heavy atom. The van der Waals surface area contributed by atoms with Gasteiger partial charge in [0, 0.05) is 49.5 Å². The van der Waals surface area contributed by atoms with Crippen molar-refractivity contribution in [3.63, 3.8) is 0 Å². The highest BCUT2D eigenvalue weighted by Crippen LogP contribution is 2.29. The summed E-state index contributed by atoms with van der Waals surface area (Å²) in [6.45, 7) is 4.21. The van der Waals surface area contributed by atoms with Crippen molar-refractivity contribution >= 4 is 0 Å². The lowest BCUT2D eigenvalue weighted by atomic mass is 10.0. The first-order valence-corrected chi connectivity index (χ1v) is 8.42. The van der Waals surface area contributed by atoms with E-state index in [0.29, 0.717) is 17.8 Å². The van der Waals surface area contributed by atoms with E-state index in [9.17, 15) is 0 Å². The lowest BCUT2D eigenvalue weighted by molar-refractivity contribution is 0.122. The Bertz CT molecular complexity index is 760. The molecule has 3 aromatic heterocycles. The second-order valence-corrected chi connectivity index (χ2v) is 6.27. The summed E-state index contributed by atoms with van der Waals surface area (Å²) in [4.78, 5) is 11.1. The smallest absolute Gasteiger partial charge is 0.244 e. The van der Waals surface area contributed by atoms with E-state index in [4.69, 9.17) is 4.52 Å². The van der Waals surface area contributed by atoms with Gasteiger partial charge in [-0.2, -0.15) is 4.98 Å². The van der Waals surface area contributed by atoms with Crippen LogP contribution in [0.5, 0.6) is 0 Å². The number of likely N-dealkylation sites (tertiary alicyclic amines) is 1. The standard InChI is InChI=1S/C18H21N5O/c1-14(18-20-17(21-24-18)15-5-4-8-19-13-15)22-11-6-16(7-12-22)23-9-2-3-10-23/h2-5,8-10,13-14,16H,6-7,11-12H2,1H3/t14-/m0/s1. The van der Waals surface area contributed by atoms with Crippen LogP contribution in [0, 0.1) is 0 Å². The summed E-state index contributed by atoms with van der Waals surface area (Å²) in [5, 5.41) is 4.10. The molecular formula is C18H21N5O. The molecule has 24 heavy (non-hydrogen) atoms. The van der Waals surface area contributed by atoms with Crippen molar-refractivity contribution in [2.45, 2.75) is 31.8 Å². The lowest BCUT2D eigenvalue weighted by Gasteiger charge is -2.35. The number of hydrogen-bond donors (Lipinski definition) is 0. The number of nitrogens with zero attached hydrogens (tertiary/aromatic N) is 5. The fraction of sp³-hybridized carbons (Fsp3) is 0.389. The van der Waals surface area contributed by atoms with Crippen LogP contribution in [0.25, 0.3) is 11.4 Å². The maximum atomic E-state index is 5.50. The minimum atomic E-state index is 0.133. The van der Waals surface area contributed by atoms with Crippen LogP contribution in [0.4, 0.5) is 0 Å². The Hall–Kier alpha value is -2.47. The van der Waals surface area contributed by atoms with Crippen molar-refractivity contribution < 1.29 is 4.52 Å². The van der Waals surface area contributed by atoms with Gasteiger partial charge in [0.15, 0.2) is 0 Å². The Balaban J connectivity index is 1.42. The van der Waals surface area contributed by atoms with E-state index in [1.165, 1.54) is 0 Å². The van der Waals surface area contributed by atoms with Crippen LogP contribution in [-0.2, 0) is 0 Å². The van der Waals surface area contributed by atoms with Gasteiger partial charge in [0.25, 0.3) is 0 Å². The lowest BCUT2D eigenvalue weighted by Crippen LogP contribution is -2.36. The number of piperidine rings is 1. The minimum Gasteiger partial charge on any atom is -0.351 e. The Morgan fingerprint density at radius 1 is 1.17 bits per heavy atom. The van der Waals surface area contributed by atoms with Crippen LogP contribution in [0.3, 0.4) is 0 Å². The van der Waals surface area contributed by atoms with Crippen LogP contribution in [0.1, 0.15) is 37.7 Å². The molecule has 0 spiro atoms. The van der Waals surface area contributed by atoms with Gasteiger partial charge < -0.3 is 9.09 Å². The molecule has 1 aliphatic heterocycles. The highest BCUT2D eigenvalue weighted by molar-refractivity contribution is 5.51. The van der Waals surface area contributed by atoms with Crippen molar-refractivity contribution in [3.05, 3.63) is 54.9 Å². The number of pyridine rings is 1. The summed E-state index contributed by atoms with van der Waals surface area (Å²) >= 11 is 0. The molecule has 1 fully saturated rings. The summed E-state index contributed by atoms with van der Waals surface area (Å²) in [7, 11) is 0. The van der Waals surface area contributed by atoms with Gasteiger partial charge in [0.05, 0.1) is 6.04 Å². The van der Waals surface area contributed by atoms with Crippen molar-refractivity contribution in [2.24, 2.45) is 0 Å². The SMILES string of the molecule is C[C@@H](c1nc(-c2cccnc2)no1)N1CCC(n2cccc2)CC1. The van der Waals surface area contributed by atoms with Crippen LogP contribution in [-0.4, -0.2) is 37.7 Å². The molecule has 3 aromatic rings. The van der Waals surface area contributed by atoms with E-state index in [1.807, 2.05) is 12.1 Å². The van der Waals surface area contributed by atoms with Crippen molar-refractivity contribution in [1.82, 2.24) is 24.6 Å². The van der Waals surface area contributed by atoms with Gasteiger partial charge in [-0.15, -0.1) is 0 Å². The van der Waals surface area contributed by atoms with Gasteiger partial charge in [0.1, 0.15) is 0 Å². The van der Waals surface area contributed by atoms with E-state index < -0.39 is 0 Å². The highest BCUT2D eigenvalue weighted by atomic mass is 16.5. The first-order valence-electron chi connectivity index (χ1n) is 8.42. The molecule has 1 saturated heterocycles. The Morgan fingerprint density at radius 3 is 2.67 bits per heavy atom. The fourth-order valence-electron chi connectivity index (χ4n) is 3.34. The second-order valence-electron chi connectivity index (χ2n) is 6.27. The fourth-order valence-corrected chi connectivity index (χ4v) is 3.34. The number of aromatic nitrogens is 4. The third-order valence-corrected chi connectivity index (χ3v) is 4.81. The topological polar surface area (TPSA) is 60.0 Å². The Labute approximate surface area is 141 Å². The molecule has 6 nitrogen and oxygen atoms in total. The second kappa shape index (κ2) is 6.57. The molecule has 0 bridgehead atoms. The first kappa shape index (κ1) is 15.1. The molecule has 1 aliphatic rings. The first-order chi connectivity index (χ1) is 11.8. The summed E-state index contributed by atoms with van der Waals surface area (Å²) in [6, 6.07) is 8.72. The molecule has 0 aliphatic carbocycles. The molecule has 0 radical (unpaired) electrons. The van der Waals surface area contributed by atoms with Crippen LogP contribution < -0.4 is 0 Å². The molecule has 6 heteroatoms. The molecule has 1 atom stereocenters. The van der Waals surface area contributed by atoms with Crippen LogP contribution >= 0.6 is 0 Å². The quantitative estimate of drug-likeness (QED) is 0.737. The van der Waals surface area contributed by atoms with Gasteiger partial charge in [0.2, 0.25) is 11.7 Å². The summed E-state index contributed by atoms with van der Waals surface area (Å²) < 4.78 is 7.81. The molecular weight excluding hydrogens is 302 g/mol. The van der Waals surface area contributed by atoms with Crippen LogP contribution in [0.15, 0.2) is 53.6 Å². The van der Waals surface area contributed by atoms with Crippen molar-refractivity contribution in [3.8, 4) is 11.4 Å². The zero-order chi connectivity index (χ0) is 16.4. The van der Waals surface area contributed by atoms with Crippen molar-refractivity contribution in [1.29, 1.82) is 0 Å². The summed E-state index contributed by atoms with van der Waals surface area (Å²) in [5.41, 5.74) is 0.881. The van der Waals surface area contributed by atoms with E-state index in [0.717, 1.165) is 31.5 Å². The van der Waals surface area contributed by atoms with Gasteiger partial charge in [-0.1, -0.05) is 5.16 Å². The third kappa shape index (κ3) is 2.97. The normalized spacial score (nSPS) is 17.9. The molecule has 4 heterocycles. The van der Waals surface area contributed by atoms with Gasteiger partial charge >= 0.3 is 0 Å². The van der Waals surface area contributed by atoms with E-state index >= 15 is 0 Å². The third-order valence-electron chi connectivity index (χ3n) is 4.81. The molecule has 0 saturated carbocycles. The Kier molecular flexibility index (Phi) is 4.13. The molecule has 0 aromatic carbocycles. The largest absolute Gasteiger partial charge is 0.351 e. The van der Waals surface area contributed by atoms with Crippen molar-refractivity contribution in [2.75, 3.05) is 13.1 Å². The van der Waals surface area contributed by atoms with E-state index in [-0.39, 0.29) is 6.04 Å². The molecule has 0 N–H and O–H groups in total. The average molecular weight is 323 g/mol. The monoisotopic (exact) mass is 323 g/mol. The molecule has 124 valence electrons. The molecule has 0 amide bonds. The average Bonchev–Trinajstić information content (AvgIpc) is 3.34. The van der Waals surface area contributed by atoms with Gasteiger partial charge in [-0.3, -0.25) is 9.88 Å². The van der Waals surface area contributed by atoms with E-state index in [1.54, 1.807) is 12.4 Å². The predicted molar refractivity (Wildman–Crippen MR) is 90.2 cm³/mol. The van der Waals surface area contributed by atoms with Gasteiger partial charge in [-0.05, 0) is 44.0 Å². The predicted octanol–water partition coefficient (Wildman–Crippen LogP) is 3.33. The molecule has 0 unspecified atom stereocenters. The number of hydrogen-bond acceptors (Lipinski definition) is 5. The summed E-state index contributed by atoms with van der Waals surface area (Å²) in [5.74, 6) is 1.28. The molecule has 4 rings (SSSR count). The zero-order valence-electron chi connectivity index (χ0n) is 13.7. The summed E-state index contributed by atoms with van der Waals surface area (Å²) in [6.07, 6.45) is 10.1. The number of rotatable bonds is 4.